The van der Waals surface area contributed by atoms with Crippen LogP contribution in [0.3, 0.4) is 0 Å². The third-order valence-electron chi connectivity index (χ3n) is 6.54. The number of fused-ring (bicyclic) bond motifs is 1. The van der Waals surface area contributed by atoms with E-state index in [0.717, 1.165) is 10.5 Å². The number of carbonyl (C=O) groups excluding carboxylic acids is 2. The average molecular weight is 582 g/mol. The van der Waals surface area contributed by atoms with Gasteiger partial charge >= 0.3 is 11.9 Å². The van der Waals surface area contributed by atoms with Crippen molar-refractivity contribution in [2.75, 3.05) is 19.1 Å². The molecule has 1 amide bonds. The number of hydrogen-bond donors (Lipinski definition) is 3. The number of aromatic amines is 1. The number of aliphatic hydroxyl groups excluding tert-OH is 1. The molecular formula is C28H21Cl2N3O7. The Morgan fingerprint density at radius 2 is 1.75 bits per heavy atom. The second-order valence-corrected chi connectivity index (χ2v) is 9.75. The lowest BCUT2D eigenvalue weighted by molar-refractivity contribution is -0.132. The third kappa shape index (κ3) is 4.31. The van der Waals surface area contributed by atoms with Crippen LogP contribution in [0.1, 0.15) is 33.1 Å². The Morgan fingerprint density at radius 3 is 2.40 bits per heavy atom. The number of benzene rings is 3. The highest BCUT2D eigenvalue weighted by Crippen LogP contribution is 2.48. The summed E-state index contributed by atoms with van der Waals surface area (Å²) < 4.78 is 10.6. The summed E-state index contributed by atoms with van der Waals surface area (Å²) in [5, 5.41) is 21.0. The maximum Gasteiger partial charge on any atom is 0.335 e. The Labute approximate surface area is 237 Å². The molecule has 1 aromatic heterocycles. The number of aromatic nitrogens is 2. The highest BCUT2D eigenvalue weighted by molar-refractivity contribution is 6.51. The first-order valence-electron chi connectivity index (χ1n) is 11.8. The van der Waals surface area contributed by atoms with E-state index in [1.54, 1.807) is 18.2 Å². The first-order valence-corrected chi connectivity index (χ1v) is 12.5. The van der Waals surface area contributed by atoms with Gasteiger partial charge in [-0.15, -0.1) is 0 Å². The van der Waals surface area contributed by atoms with Crippen LogP contribution in [0.2, 0.25) is 10.0 Å². The number of halogens is 2. The normalized spacial score (nSPS) is 16.5. The number of Topliss-reactive ketones (excluding diaryl/α,β-unsaturated/α-hetero) is 1. The van der Waals surface area contributed by atoms with Gasteiger partial charge in [0.25, 0.3) is 5.78 Å². The molecular weight excluding hydrogens is 561 g/mol. The molecule has 10 nitrogen and oxygen atoms in total. The van der Waals surface area contributed by atoms with Crippen molar-refractivity contribution in [1.29, 1.82) is 0 Å². The van der Waals surface area contributed by atoms with Crippen molar-refractivity contribution in [2.24, 2.45) is 0 Å². The molecule has 5 rings (SSSR count). The van der Waals surface area contributed by atoms with Crippen molar-refractivity contribution < 1.29 is 34.1 Å². The molecule has 1 unspecified atom stereocenters. The van der Waals surface area contributed by atoms with Gasteiger partial charge in [0.1, 0.15) is 10.8 Å². The van der Waals surface area contributed by atoms with E-state index in [4.69, 9.17) is 32.7 Å². The van der Waals surface area contributed by atoms with E-state index in [1.165, 1.54) is 38.5 Å². The van der Waals surface area contributed by atoms with Crippen LogP contribution >= 0.6 is 23.2 Å². The quantitative estimate of drug-likeness (QED) is 0.153. The SMILES string of the molecule is COc1c(Cl)cc(/C(O)=C2\C(=O)C(=O)N(c3nc4ccc(C(=O)O)cc4[nH]3)C2c2cccc(C)c2)c(OC)c1Cl. The van der Waals surface area contributed by atoms with Crippen molar-refractivity contribution in [3.63, 3.8) is 0 Å². The van der Waals surface area contributed by atoms with Gasteiger partial charge in [0.2, 0.25) is 5.95 Å². The number of anilines is 1. The first kappa shape index (κ1) is 27.0. The summed E-state index contributed by atoms with van der Waals surface area (Å²) in [4.78, 5) is 47.1. The molecule has 1 saturated heterocycles. The zero-order valence-corrected chi connectivity index (χ0v) is 22.8. The highest BCUT2D eigenvalue weighted by atomic mass is 35.5. The monoisotopic (exact) mass is 581 g/mol. The predicted molar refractivity (Wildman–Crippen MR) is 149 cm³/mol. The Hall–Kier alpha value is -4.54. The summed E-state index contributed by atoms with van der Waals surface area (Å²) in [7, 11) is 2.68. The molecule has 0 spiro atoms. The molecule has 3 aromatic carbocycles. The topological polar surface area (TPSA) is 142 Å². The van der Waals surface area contributed by atoms with Crippen molar-refractivity contribution in [1.82, 2.24) is 9.97 Å². The fourth-order valence-corrected chi connectivity index (χ4v) is 5.43. The summed E-state index contributed by atoms with van der Waals surface area (Å²) in [5.41, 5.74) is 1.81. The van der Waals surface area contributed by atoms with E-state index in [2.05, 4.69) is 9.97 Å². The highest BCUT2D eigenvalue weighted by Gasteiger charge is 2.48. The van der Waals surface area contributed by atoms with Gasteiger partial charge in [-0.3, -0.25) is 14.5 Å². The lowest BCUT2D eigenvalue weighted by atomic mass is 9.94. The molecule has 4 aromatic rings. The van der Waals surface area contributed by atoms with E-state index in [0.29, 0.717) is 16.6 Å². The third-order valence-corrected chi connectivity index (χ3v) is 7.17. The Bertz CT molecular complexity index is 1760. The van der Waals surface area contributed by atoms with E-state index in [1.807, 2.05) is 13.0 Å². The molecule has 12 heteroatoms. The molecule has 0 saturated carbocycles. The van der Waals surface area contributed by atoms with Crippen LogP contribution in [0, 0.1) is 6.92 Å². The molecule has 40 heavy (non-hydrogen) atoms. The molecule has 0 aliphatic carbocycles. The fourth-order valence-electron chi connectivity index (χ4n) is 4.74. The van der Waals surface area contributed by atoms with E-state index in [9.17, 15) is 24.6 Å². The van der Waals surface area contributed by atoms with Crippen LogP contribution in [0.25, 0.3) is 16.8 Å². The minimum absolute atomic E-state index is 0.0112. The van der Waals surface area contributed by atoms with Gasteiger partial charge in [-0.1, -0.05) is 53.0 Å². The van der Waals surface area contributed by atoms with E-state index in [-0.39, 0.29) is 44.2 Å². The number of rotatable bonds is 6. The molecule has 1 aliphatic heterocycles. The molecule has 1 atom stereocenters. The minimum Gasteiger partial charge on any atom is -0.507 e. The van der Waals surface area contributed by atoms with Crippen LogP contribution in [-0.4, -0.2) is 52.1 Å². The Morgan fingerprint density at radius 1 is 1.02 bits per heavy atom. The van der Waals surface area contributed by atoms with Gasteiger partial charge in [0.15, 0.2) is 11.5 Å². The number of carboxylic acid groups (broad SMARTS) is 1. The summed E-state index contributed by atoms with van der Waals surface area (Å²) in [6.45, 7) is 1.84. The van der Waals surface area contributed by atoms with E-state index >= 15 is 0 Å². The van der Waals surface area contributed by atoms with Crippen LogP contribution in [0.4, 0.5) is 5.95 Å². The number of amides is 1. The predicted octanol–water partition coefficient (Wildman–Crippen LogP) is 5.52. The summed E-state index contributed by atoms with van der Waals surface area (Å²) in [6, 6.07) is 11.5. The van der Waals surface area contributed by atoms with Crippen molar-refractivity contribution in [2.45, 2.75) is 13.0 Å². The lowest BCUT2D eigenvalue weighted by Crippen LogP contribution is -2.30. The number of hydrogen-bond acceptors (Lipinski definition) is 7. The van der Waals surface area contributed by atoms with Gasteiger partial charge in [-0.25, -0.2) is 9.78 Å². The number of aliphatic hydroxyl groups is 1. The second-order valence-electron chi connectivity index (χ2n) is 8.97. The van der Waals surface area contributed by atoms with Gasteiger partial charge < -0.3 is 24.7 Å². The molecule has 3 N–H and O–H groups in total. The number of nitrogens with zero attached hydrogens (tertiary/aromatic N) is 2. The number of aryl methyl sites for hydroxylation is 1. The van der Waals surface area contributed by atoms with Crippen LogP contribution in [-0.2, 0) is 9.59 Å². The number of carbonyl (C=O) groups is 3. The number of ether oxygens (including phenoxy) is 2. The molecule has 2 heterocycles. The number of aromatic carboxylic acids is 1. The molecule has 1 fully saturated rings. The zero-order valence-electron chi connectivity index (χ0n) is 21.3. The zero-order chi connectivity index (χ0) is 28.9. The van der Waals surface area contributed by atoms with Crippen molar-refractivity contribution in [3.8, 4) is 11.5 Å². The number of methoxy groups -OCH3 is 2. The van der Waals surface area contributed by atoms with Gasteiger partial charge in [0, 0.05) is 0 Å². The van der Waals surface area contributed by atoms with Crippen molar-refractivity contribution >= 4 is 63.6 Å². The summed E-state index contributed by atoms with van der Waals surface area (Å²) >= 11 is 12.8. The number of carboxylic acids is 1. The van der Waals surface area contributed by atoms with Crippen LogP contribution in [0.5, 0.6) is 11.5 Å². The van der Waals surface area contributed by atoms with Gasteiger partial charge in [0.05, 0.1) is 53.0 Å². The number of imidazole rings is 1. The number of H-pyrrole nitrogens is 1. The lowest BCUT2D eigenvalue weighted by Gasteiger charge is -2.23. The largest absolute Gasteiger partial charge is 0.507 e. The molecule has 0 bridgehead atoms. The number of ketones is 1. The summed E-state index contributed by atoms with van der Waals surface area (Å²) in [5.74, 6) is -3.57. The minimum atomic E-state index is -1.14. The maximum absolute atomic E-state index is 13.6. The Balaban J connectivity index is 1.77. The van der Waals surface area contributed by atoms with Gasteiger partial charge in [-0.05, 0) is 36.8 Å². The van der Waals surface area contributed by atoms with Crippen molar-refractivity contribution in [3.05, 3.63) is 86.4 Å². The second kappa shape index (κ2) is 10.2. The molecule has 0 radical (unpaired) electrons. The average Bonchev–Trinajstić information content (AvgIpc) is 3.45. The maximum atomic E-state index is 13.6. The first-order chi connectivity index (χ1) is 19.1. The van der Waals surface area contributed by atoms with Crippen LogP contribution < -0.4 is 14.4 Å². The number of nitrogens with one attached hydrogen (secondary N) is 1. The summed E-state index contributed by atoms with van der Waals surface area (Å²) in [6.07, 6.45) is 0. The fraction of sp³-hybridized carbons (Fsp3) is 0.143. The van der Waals surface area contributed by atoms with Gasteiger partial charge in [-0.2, -0.15) is 0 Å². The molecule has 204 valence electrons. The Kier molecular flexibility index (Phi) is 6.91. The van der Waals surface area contributed by atoms with Crippen LogP contribution in [0.15, 0.2) is 54.1 Å². The standard InChI is InChI=1S/C28H21Cl2N3O7/c1-12-5-4-6-13(9-12)21-19(22(34)15-11-16(29)25(40-3)20(30)24(15)39-2)23(35)26(36)33(21)28-31-17-8-7-14(27(37)38)10-18(17)32-28/h4-11,21,34H,1-3H3,(H,31,32)(H,37,38)/b22-19+. The molecule has 1 aliphatic rings. The smallest absolute Gasteiger partial charge is 0.335 e. The van der Waals surface area contributed by atoms with E-state index < -0.39 is 29.5 Å².